The van der Waals surface area contributed by atoms with E-state index in [1.165, 1.54) is 0 Å². The van der Waals surface area contributed by atoms with Crippen molar-refractivity contribution in [3.8, 4) is 0 Å². The van der Waals surface area contributed by atoms with E-state index in [1.807, 2.05) is 75.4 Å². The van der Waals surface area contributed by atoms with Gasteiger partial charge in [-0.3, -0.25) is 14.4 Å². The summed E-state index contributed by atoms with van der Waals surface area (Å²) in [6.45, 7) is 14.0. The number of thioether (sulfide) groups is 1. The second kappa shape index (κ2) is 13.6. The van der Waals surface area contributed by atoms with Crippen molar-refractivity contribution in [1.82, 2.24) is 4.90 Å². The first kappa shape index (κ1) is 33.0. The van der Waals surface area contributed by atoms with Crippen LogP contribution in [-0.4, -0.2) is 69.1 Å². The van der Waals surface area contributed by atoms with Crippen molar-refractivity contribution in [2.24, 2.45) is 11.8 Å². The van der Waals surface area contributed by atoms with E-state index in [0.717, 1.165) is 41.6 Å². The molecular formula is C37H46N2O5S. The standard InChI is InChI=1S/C37H46N2O5S/c1-6-8-9-13-21-44-35(43)31-30-33(41)39(28(24-40)23-27-14-11-10-12-15-27)32(37(30)19-18-36(31,5)45-37)34(42)38(20-7-2)29-22-25(3)16-17-26(29)4/h6-7,10-12,14-17,22,28,30-32,40H,1-2,8-9,13,18-21,23-24H2,3-5H3/t28-,30+,31-,32?,36+,37?/m1/s1. The number of fused-ring (bicyclic) bond motifs is 1. The molecule has 5 rings (SSSR count). The molecule has 2 bridgehead atoms. The number of hydrogen-bond donors (Lipinski definition) is 1. The largest absolute Gasteiger partial charge is 0.465 e. The fourth-order valence-corrected chi connectivity index (χ4v) is 10.1. The van der Waals surface area contributed by atoms with Crippen LogP contribution in [0.2, 0.25) is 0 Å². The van der Waals surface area contributed by atoms with Crippen LogP contribution in [0.15, 0.2) is 73.8 Å². The molecule has 0 saturated carbocycles. The molecule has 2 aromatic carbocycles. The van der Waals surface area contributed by atoms with E-state index in [9.17, 15) is 14.7 Å². The lowest BCUT2D eigenvalue weighted by atomic mass is 9.66. The first-order chi connectivity index (χ1) is 21.6. The van der Waals surface area contributed by atoms with Gasteiger partial charge in [0.1, 0.15) is 6.04 Å². The van der Waals surface area contributed by atoms with Crippen LogP contribution in [0, 0.1) is 25.7 Å². The highest BCUT2D eigenvalue weighted by Gasteiger charge is 2.78. The maximum atomic E-state index is 15.1. The van der Waals surface area contributed by atoms with Crippen LogP contribution in [0.25, 0.3) is 0 Å². The number of aryl methyl sites for hydroxylation is 2. The van der Waals surface area contributed by atoms with E-state index in [0.29, 0.717) is 19.3 Å². The van der Waals surface area contributed by atoms with E-state index in [4.69, 9.17) is 4.74 Å². The molecule has 45 heavy (non-hydrogen) atoms. The van der Waals surface area contributed by atoms with Crippen LogP contribution in [-0.2, 0) is 25.5 Å². The summed E-state index contributed by atoms with van der Waals surface area (Å²) in [5.41, 5.74) is 3.69. The third-order valence-corrected chi connectivity index (χ3v) is 11.9. The molecule has 2 aromatic rings. The number of carbonyl (C=O) groups is 3. The van der Waals surface area contributed by atoms with E-state index in [-0.39, 0.29) is 37.5 Å². The monoisotopic (exact) mass is 630 g/mol. The molecule has 0 radical (unpaired) electrons. The topological polar surface area (TPSA) is 87.1 Å². The summed E-state index contributed by atoms with van der Waals surface area (Å²) in [6, 6.07) is 14.2. The van der Waals surface area contributed by atoms with Crippen LogP contribution in [0.4, 0.5) is 5.69 Å². The lowest BCUT2D eigenvalue weighted by molar-refractivity contribution is -0.156. The normalized spacial score (nSPS) is 27.2. The van der Waals surface area contributed by atoms with Gasteiger partial charge in [0.2, 0.25) is 5.91 Å². The molecule has 2 amide bonds. The number of amides is 2. The summed E-state index contributed by atoms with van der Waals surface area (Å²) in [7, 11) is 0. The highest BCUT2D eigenvalue weighted by Crippen LogP contribution is 2.72. The Kier molecular flexibility index (Phi) is 9.94. The summed E-state index contributed by atoms with van der Waals surface area (Å²) in [5.74, 6) is -2.20. The lowest BCUT2D eigenvalue weighted by Gasteiger charge is -2.40. The third-order valence-electron chi connectivity index (χ3n) is 9.90. The predicted molar refractivity (Wildman–Crippen MR) is 180 cm³/mol. The van der Waals surface area contributed by atoms with Gasteiger partial charge in [-0.2, -0.15) is 0 Å². The first-order valence-corrected chi connectivity index (χ1v) is 16.9. The average Bonchev–Trinajstić information content (AvgIpc) is 3.60. The summed E-state index contributed by atoms with van der Waals surface area (Å²) in [4.78, 5) is 47.1. The van der Waals surface area contributed by atoms with Gasteiger partial charge < -0.3 is 19.6 Å². The highest BCUT2D eigenvalue weighted by atomic mass is 32.2. The van der Waals surface area contributed by atoms with Crippen LogP contribution < -0.4 is 4.90 Å². The minimum absolute atomic E-state index is 0.207. The SMILES string of the molecule is C=CCCCCOC(=O)[C@H]1[C@H]2C(=O)N([C@@H](CO)Cc3ccccc3)C(C(=O)N(CC=C)c3cc(C)ccc3C)C23CC[C@]1(C)S3. The molecule has 3 saturated heterocycles. The Morgan fingerprint density at radius 2 is 1.89 bits per heavy atom. The minimum atomic E-state index is -0.868. The number of allylic oxidation sites excluding steroid dienone is 1. The van der Waals surface area contributed by atoms with Crippen molar-refractivity contribution in [2.75, 3.05) is 24.7 Å². The average molecular weight is 631 g/mol. The number of likely N-dealkylation sites (tertiary alicyclic amines) is 1. The molecule has 240 valence electrons. The maximum Gasteiger partial charge on any atom is 0.311 e. The second-order valence-corrected chi connectivity index (χ2v) is 14.9. The fraction of sp³-hybridized carbons (Fsp3) is 0.486. The van der Waals surface area contributed by atoms with E-state index >= 15 is 4.79 Å². The number of hydrogen-bond acceptors (Lipinski definition) is 6. The molecule has 0 aliphatic carbocycles. The Balaban J connectivity index is 1.58. The number of carbonyl (C=O) groups excluding carboxylic acids is 3. The highest BCUT2D eigenvalue weighted by molar-refractivity contribution is 8.02. The zero-order valence-corrected chi connectivity index (χ0v) is 27.6. The Morgan fingerprint density at radius 3 is 2.58 bits per heavy atom. The van der Waals surface area contributed by atoms with Gasteiger partial charge in [0.15, 0.2) is 0 Å². The van der Waals surface area contributed by atoms with Crippen LogP contribution in [0.5, 0.6) is 0 Å². The van der Waals surface area contributed by atoms with Crippen molar-refractivity contribution in [2.45, 2.75) is 80.9 Å². The quantitative estimate of drug-likeness (QED) is 0.161. The number of rotatable bonds is 14. The maximum absolute atomic E-state index is 15.1. The molecule has 7 nitrogen and oxygen atoms in total. The number of aliphatic hydroxyl groups is 1. The predicted octanol–water partition coefficient (Wildman–Crippen LogP) is 5.81. The molecule has 3 fully saturated rings. The molecule has 8 heteroatoms. The molecule has 2 unspecified atom stereocenters. The number of aliphatic hydroxyl groups excluding tert-OH is 1. The molecule has 1 N–H and O–H groups in total. The number of anilines is 1. The Morgan fingerprint density at radius 1 is 1.13 bits per heavy atom. The van der Waals surface area contributed by atoms with Crippen molar-refractivity contribution in [3.05, 3.63) is 90.5 Å². The molecule has 0 aromatic heterocycles. The van der Waals surface area contributed by atoms with Gasteiger partial charge in [0, 0.05) is 17.0 Å². The zero-order chi connectivity index (χ0) is 32.4. The lowest BCUT2D eigenvalue weighted by Crippen LogP contribution is -2.58. The van der Waals surface area contributed by atoms with Gasteiger partial charge in [-0.25, -0.2) is 0 Å². The van der Waals surface area contributed by atoms with Gasteiger partial charge >= 0.3 is 5.97 Å². The number of unbranched alkanes of at least 4 members (excludes halogenated alkanes) is 2. The smallest absolute Gasteiger partial charge is 0.311 e. The van der Waals surface area contributed by atoms with Gasteiger partial charge in [0.25, 0.3) is 5.91 Å². The third kappa shape index (κ3) is 5.99. The number of ether oxygens (including phenoxy) is 1. The van der Waals surface area contributed by atoms with Crippen molar-refractivity contribution in [3.63, 3.8) is 0 Å². The van der Waals surface area contributed by atoms with E-state index in [2.05, 4.69) is 13.2 Å². The number of esters is 1. The van der Waals surface area contributed by atoms with Gasteiger partial charge in [-0.1, -0.05) is 54.6 Å². The number of benzene rings is 2. The fourth-order valence-electron chi connectivity index (χ4n) is 7.78. The molecule has 6 atom stereocenters. The Bertz CT molecular complexity index is 1450. The summed E-state index contributed by atoms with van der Waals surface area (Å²) < 4.78 is 4.48. The molecule has 3 heterocycles. The van der Waals surface area contributed by atoms with Gasteiger partial charge in [-0.05, 0) is 82.1 Å². The molecule has 3 aliphatic rings. The van der Waals surface area contributed by atoms with Gasteiger partial charge in [0.05, 0.1) is 35.8 Å². The number of nitrogens with zero attached hydrogens (tertiary/aromatic N) is 2. The Hall–Kier alpha value is -3.36. The Labute approximate surface area is 271 Å². The van der Waals surface area contributed by atoms with Crippen LogP contribution >= 0.6 is 11.8 Å². The summed E-state index contributed by atoms with van der Waals surface area (Å²) in [5, 5.41) is 10.8. The van der Waals surface area contributed by atoms with Gasteiger partial charge in [-0.15, -0.1) is 24.9 Å². The van der Waals surface area contributed by atoms with Crippen LogP contribution in [0.3, 0.4) is 0 Å². The van der Waals surface area contributed by atoms with Crippen molar-refractivity contribution < 1.29 is 24.2 Å². The zero-order valence-electron chi connectivity index (χ0n) is 26.7. The summed E-state index contributed by atoms with van der Waals surface area (Å²) >= 11 is 1.62. The molecular weight excluding hydrogens is 584 g/mol. The van der Waals surface area contributed by atoms with E-state index in [1.54, 1.807) is 27.6 Å². The van der Waals surface area contributed by atoms with E-state index < -0.39 is 33.4 Å². The first-order valence-electron chi connectivity index (χ1n) is 16.1. The second-order valence-electron chi connectivity index (χ2n) is 13.0. The minimum Gasteiger partial charge on any atom is -0.465 e. The van der Waals surface area contributed by atoms with Crippen LogP contribution in [0.1, 0.15) is 55.7 Å². The van der Waals surface area contributed by atoms with Crippen molar-refractivity contribution >= 4 is 35.2 Å². The molecule has 1 spiro atoms. The van der Waals surface area contributed by atoms with Crippen molar-refractivity contribution in [1.29, 1.82) is 0 Å². The summed E-state index contributed by atoms with van der Waals surface area (Å²) in [6.07, 6.45) is 7.71. The molecule has 3 aliphatic heterocycles.